The number of hydrogen-bond donors (Lipinski definition) is 0. The van der Waals surface area contributed by atoms with Crippen molar-refractivity contribution in [2.24, 2.45) is 0 Å². The molecule has 0 unspecified atom stereocenters. The smallest absolute Gasteiger partial charge is 0.223 e. The van der Waals surface area contributed by atoms with Crippen molar-refractivity contribution in [1.82, 2.24) is 14.7 Å². The number of morpholine rings is 1. The molecule has 138 valence electrons. The first-order valence-corrected chi connectivity index (χ1v) is 8.71. The van der Waals surface area contributed by atoms with Gasteiger partial charge in [0.15, 0.2) is 0 Å². The van der Waals surface area contributed by atoms with Gasteiger partial charge in [0, 0.05) is 40.0 Å². The lowest BCUT2D eigenvalue weighted by Gasteiger charge is -2.42. The summed E-state index contributed by atoms with van der Waals surface area (Å²) in [5.74, 6) is -0.0150. The Morgan fingerprint density at radius 2 is 1.80 bits per heavy atom. The second-order valence-corrected chi connectivity index (χ2v) is 6.90. The predicted octanol–water partition coefficient (Wildman–Crippen LogP) is 1.39. The lowest BCUT2D eigenvalue weighted by molar-refractivity contribution is -0.149. The van der Waals surface area contributed by atoms with Crippen molar-refractivity contribution >= 4 is 11.8 Å². The first-order valence-electron chi connectivity index (χ1n) is 8.71. The van der Waals surface area contributed by atoms with Crippen LogP contribution in [0.15, 0.2) is 30.3 Å². The summed E-state index contributed by atoms with van der Waals surface area (Å²) >= 11 is 0. The largest absolute Gasteiger partial charge is 0.373 e. The van der Waals surface area contributed by atoms with Crippen LogP contribution in [0.3, 0.4) is 0 Å². The topological polar surface area (TPSA) is 53.1 Å². The maximum absolute atomic E-state index is 12.8. The van der Waals surface area contributed by atoms with Gasteiger partial charge in [0.2, 0.25) is 11.8 Å². The van der Waals surface area contributed by atoms with Crippen LogP contribution in [0, 0.1) is 0 Å². The number of ether oxygens (including phenoxy) is 1. The average Bonchev–Trinajstić information content (AvgIpc) is 2.59. The first kappa shape index (κ1) is 19.4. The van der Waals surface area contributed by atoms with Gasteiger partial charge in [-0.1, -0.05) is 30.3 Å². The van der Waals surface area contributed by atoms with E-state index in [2.05, 4.69) is 4.90 Å². The van der Waals surface area contributed by atoms with Crippen LogP contribution >= 0.6 is 0 Å². The van der Waals surface area contributed by atoms with Crippen LogP contribution in [0.5, 0.6) is 0 Å². The van der Waals surface area contributed by atoms with Gasteiger partial charge < -0.3 is 19.4 Å². The number of carbonyl (C=O) groups is 2. The molecule has 1 aromatic rings. The maximum atomic E-state index is 12.8. The summed E-state index contributed by atoms with van der Waals surface area (Å²) in [6.07, 6.45) is 0.387. The Balaban J connectivity index is 2.18. The Morgan fingerprint density at radius 1 is 1.12 bits per heavy atom. The molecule has 1 aliphatic rings. The molecule has 1 saturated heterocycles. The Labute approximate surface area is 150 Å². The third-order valence-electron chi connectivity index (χ3n) is 4.41. The van der Waals surface area contributed by atoms with Gasteiger partial charge in [-0.2, -0.15) is 0 Å². The summed E-state index contributed by atoms with van der Waals surface area (Å²) < 4.78 is 5.99. The Morgan fingerprint density at radius 3 is 2.40 bits per heavy atom. The predicted molar refractivity (Wildman–Crippen MR) is 97.1 cm³/mol. The Kier molecular flexibility index (Phi) is 6.96. The highest BCUT2D eigenvalue weighted by Gasteiger charge is 2.36. The minimum absolute atomic E-state index is 0.0103. The second-order valence-electron chi connectivity index (χ2n) is 6.90. The molecule has 1 aromatic carbocycles. The van der Waals surface area contributed by atoms with Gasteiger partial charge in [-0.3, -0.25) is 9.59 Å². The van der Waals surface area contributed by atoms with E-state index in [1.165, 1.54) is 4.90 Å². The standard InChI is InChI=1S/C19H29N3O3/c1-20(2)14-16-19(15-8-6-5-7-9-15)22(12-13-25-16)18(24)11-10-17(23)21(3)4/h5-9,16,19H,10-14H2,1-4H3/t16-,19-/m0/s1. The molecular weight excluding hydrogens is 318 g/mol. The maximum Gasteiger partial charge on any atom is 0.223 e. The van der Waals surface area contributed by atoms with Crippen LogP contribution in [-0.2, 0) is 14.3 Å². The molecule has 0 spiro atoms. The fourth-order valence-corrected chi connectivity index (χ4v) is 3.15. The van der Waals surface area contributed by atoms with Crippen LogP contribution in [0.1, 0.15) is 24.4 Å². The summed E-state index contributed by atoms with van der Waals surface area (Å²) in [5.41, 5.74) is 1.07. The van der Waals surface area contributed by atoms with E-state index in [0.29, 0.717) is 13.2 Å². The average molecular weight is 347 g/mol. The van der Waals surface area contributed by atoms with Gasteiger partial charge in [-0.25, -0.2) is 0 Å². The van der Waals surface area contributed by atoms with E-state index in [1.807, 2.05) is 49.3 Å². The van der Waals surface area contributed by atoms with Gasteiger partial charge >= 0.3 is 0 Å². The quantitative estimate of drug-likeness (QED) is 0.780. The van der Waals surface area contributed by atoms with E-state index in [9.17, 15) is 9.59 Å². The van der Waals surface area contributed by atoms with E-state index >= 15 is 0 Å². The molecule has 0 N–H and O–H groups in total. The number of likely N-dealkylation sites (N-methyl/N-ethyl adjacent to an activating group) is 1. The molecule has 1 fully saturated rings. The van der Waals surface area contributed by atoms with Crippen LogP contribution in [-0.4, -0.2) is 80.5 Å². The molecular formula is C19H29N3O3. The summed E-state index contributed by atoms with van der Waals surface area (Å²) in [6.45, 7) is 1.81. The highest BCUT2D eigenvalue weighted by molar-refractivity contribution is 5.84. The van der Waals surface area contributed by atoms with E-state index in [1.54, 1.807) is 14.1 Å². The molecule has 1 heterocycles. The van der Waals surface area contributed by atoms with Gasteiger partial charge in [0.05, 0.1) is 18.8 Å². The van der Waals surface area contributed by atoms with E-state index in [4.69, 9.17) is 4.74 Å². The van der Waals surface area contributed by atoms with Crippen LogP contribution in [0.2, 0.25) is 0 Å². The fraction of sp³-hybridized carbons (Fsp3) is 0.579. The molecule has 0 aromatic heterocycles. The van der Waals surface area contributed by atoms with Crippen LogP contribution in [0.25, 0.3) is 0 Å². The normalized spacial score (nSPS) is 20.6. The molecule has 25 heavy (non-hydrogen) atoms. The van der Waals surface area contributed by atoms with Crippen molar-refractivity contribution < 1.29 is 14.3 Å². The van der Waals surface area contributed by atoms with Crippen LogP contribution < -0.4 is 0 Å². The number of nitrogens with zero attached hydrogens (tertiary/aromatic N) is 3. The molecule has 2 rings (SSSR count). The molecule has 2 amide bonds. The van der Waals surface area contributed by atoms with E-state index in [-0.39, 0.29) is 36.8 Å². The van der Waals surface area contributed by atoms with Gasteiger partial charge in [0.1, 0.15) is 0 Å². The third-order valence-corrected chi connectivity index (χ3v) is 4.41. The third kappa shape index (κ3) is 5.28. The molecule has 0 radical (unpaired) electrons. The number of rotatable bonds is 6. The zero-order valence-corrected chi connectivity index (χ0v) is 15.6. The van der Waals surface area contributed by atoms with Crippen molar-refractivity contribution in [3.63, 3.8) is 0 Å². The molecule has 6 heteroatoms. The zero-order chi connectivity index (χ0) is 18.4. The van der Waals surface area contributed by atoms with E-state index in [0.717, 1.165) is 12.1 Å². The molecule has 1 aliphatic heterocycles. The Bertz CT molecular complexity index is 575. The van der Waals surface area contributed by atoms with E-state index < -0.39 is 0 Å². The number of carbonyl (C=O) groups excluding carboxylic acids is 2. The minimum atomic E-state index is -0.126. The van der Waals surface area contributed by atoms with Gasteiger partial charge in [-0.05, 0) is 19.7 Å². The summed E-state index contributed by atoms with van der Waals surface area (Å²) in [4.78, 5) is 30.1. The summed E-state index contributed by atoms with van der Waals surface area (Å²) in [5, 5.41) is 0. The lowest BCUT2D eigenvalue weighted by atomic mass is 9.97. The zero-order valence-electron chi connectivity index (χ0n) is 15.6. The summed E-state index contributed by atoms with van der Waals surface area (Å²) in [6, 6.07) is 9.87. The Hall–Kier alpha value is -1.92. The minimum Gasteiger partial charge on any atom is -0.373 e. The monoisotopic (exact) mass is 347 g/mol. The lowest BCUT2D eigenvalue weighted by Crippen LogP contribution is -2.51. The van der Waals surface area contributed by atoms with Crippen molar-refractivity contribution in [3.05, 3.63) is 35.9 Å². The number of amides is 2. The highest BCUT2D eigenvalue weighted by Crippen LogP contribution is 2.30. The van der Waals surface area contributed by atoms with Crippen molar-refractivity contribution in [2.45, 2.75) is 25.0 Å². The van der Waals surface area contributed by atoms with Crippen molar-refractivity contribution in [1.29, 1.82) is 0 Å². The SMILES string of the molecule is CN(C)C[C@@H]1OCCN(C(=O)CCC(=O)N(C)C)[C@H]1c1ccccc1. The molecule has 0 bridgehead atoms. The summed E-state index contributed by atoms with van der Waals surface area (Å²) in [7, 11) is 7.42. The van der Waals surface area contributed by atoms with Gasteiger partial charge in [0.25, 0.3) is 0 Å². The molecule has 0 aliphatic carbocycles. The van der Waals surface area contributed by atoms with Crippen molar-refractivity contribution in [2.75, 3.05) is 47.9 Å². The second kappa shape index (κ2) is 8.97. The molecule has 2 atom stereocenters. The van der Waals surface area contributed by atoms with Crippen molar-refractivity contribution in [3.8, 4) is 0 Å². The molecule has 0 saturated carbocycles. The van der Waals surface area contributed by atoms with Gasteiger partial charge in [-0.15, -0.1) is 0 Å². The number of hydrogen-bond acceptors (Lipinski definition) is 4. The number of benzene rings is 1. The fourth-order valence-electron chi connectivity index (χ4n) is 3.15. The first-order chi connectivity index (χ1) is 11.9. The highest BCUT2D eigenvalue weighted by atomic mass is 16.5. The molecule has 6 nitrogen and oxygen atoms in total. The van der Waals surface area contributed by atoms with Crippen LogP contribution in [0.4, 0.5) is 0 Å².